The largest absolute Gasteiger partial charge is 0.416 e. The van der Waals surface area contributed by atoms with Gasteiger partial charge in [-0.05, 0) is 37.3 Å². The van der Waals surface area contributed by atoms with E-state index < -0.39 is 11.7 Å². The highest BCUT2D eigenvalue weighted by Crippen LogP contribution is 2.31. The third-order valence-electron chi connectivity index (χ3n) is 3.25. The van der Waals surface area contributed by atoms with Gasteiger partial charge in [0.05, 0.1) is 34.3 Å². The van der Waals surface area contributed by atoms with Crippen molar-refractivity contribution in [3.05, 3.63) is 44.6 Å². The van der Waals surface area contributed by atoms with Gasteiger partial charge in [-0.1, -0.05) is 0 Å². The van der Waals surface area contributed by atoms with Gasteiger partial charge in [-0.15, -0.1) is 11.3 Å². The van der Waals surface area contributed by atoms with Crippen LogP contribution in [-0.2, 0) is 12.7 Å². The van der Waals surface area contributed by atoms with Crippen molar-refractivity contribution in [3.63, 3.8) is 0 Å². The molecular weight excluding hydrogens is 319 g/mol. The highest BCUT2D eigenvalue weighted by atomic mass is 32.1. The summed E-state index contributed by atoms with van der Waals surface area (Å²) < 4.78 is 40.4. The highest BCUT2D eigenvalue weighted by molar-refractivity contribution is 7.71. The molecule has 2 aromatic heterocycles. The van der Waals surface area contributed by atoms with Crippen LogP contribution in [0.4, 0.5) is 13.2 Å². The molecule has 110 valence electrons. The first-order valence-electron chi connectivity index (χ1n) is 6.05. The fourth-order valence-corrected chi connectivity index (χ4v) is 3.16. The zero-order valence-electron chi connectivity index (χ0n) is 10.9. The Labute approximate surface area is 127 Å². The average molecular weight is 329 g/mol. The van der Waals surface area contributed by atoms with Gasteiger partial charge in [0.2, 0.25) is 0 Å². The number of aromatic nitrogens is 3. The van der Waals surface area contributed by atoms with E-state index in [4.69, 9.17) is 12.2 Å². The molecular formula is C13H10F3N3S2. The summed E-state index contributed by atoms with van der Waals surface area (Å²) >= 11 is 6.72. The van der Waals surface area contributed by atoms with E-state index in [0.29, 0.717) is 22.3 Å². The highest BCUT2D eigenvalue weighted by Gasteiger charge is 2.30. The predicted molar refractivity (Wildman–Crippen MR) is 78.1 cm³/mol. The summed E-state index contributed by atoms with van der Waals surface area (Å²) in [5.41, 5.74) is 3.00. The van der Waals surface area contributed by atoms with Crippen LogP contribution < -0.4 is 0 Å². The molecule has 0 saturated carbocycles. The van der Waals surface area contributed by atoms with Gasteiger partial charge >= 0.3 is 6.18 Å². The zero-order valence-corrected chi connectivity index (χ0v) is 12.5. The van der Waals surface area contributed by atoms with Crippen LogP contribution in [0.2, 0.25) is 0 Å². The Bertz CT molecular complexity index is 858. The number of halogens is 3. The van der Waals surface area contributed by atoms with Crippen LogP contribution in [0.1, 0.15) is 16.1 Å². The lowest BCUT2D eigenvalue weighted by atomic mass is 10.2. The third kappa shape index (κ3) is 2.60. The fraction of sp³-hybridized carbons (Fsp3) is 0.231. The minimum Gasteiger partial charge on any atom is -0.331 e. The minimum atomic E-state index is -4.36. The van der Waals surface area contributed by atoms with Crippen molar-refractivity contribution in [2.24, 2.45) is 0 Å². The van der Waals surface area contributed by atoms with Crippen LogP contribution in [0.25, 0.3) is 11.0 Å². The molecule has 0 spiro atoms. The molecule has 3 nitrogen and oxygen atoms in total. The average Bonchev–Trinajstić information content (AvgIpc) is 2.93. The maximum atomic E-state index is 12.7. The Kier molecular flexibility index (Phi) is 3.37. The minimum absolute atomic E-state index is 0.386. The number of fused-ring (bicyclic) bond motifs is 1. The van der Waals surface area contributed by atoms with Crippen molar-refractivity contribution in [2.45, 2.75) is 19.6 Å². The number of nitrogens with zero attached hydrogens (tertiary/aromatic N) is 2. The lowest BCUT2D eigenvalue weighted by Gasteiger charge is -2.07. The number of thiazole rings is 1. The van der Waals surface area contributed by atoms with Gasteiger partial charge < -0.3 is 9.55 Å². The van der Waals surface area contributed by atoms with Crippen LogP contribution in [0, 0.1) is 11.7 Å². The molecule has 0 saturated heterocycles. The summed E-state index contributed by atoms with van der Waals surface area (Å²) in [6.45, 7) is 2.40. The van der Waals surface area contributed by atoms with Crippen molar-refractivity contribution in [1.82, 2.24) is 14.5 Å². The monoisotopic (exact) mass is 329 g/mol. The molecule has 0 aliphatic heterocycles. The molecule has 0 radical (unpaired) electrons. The van der Waals surface area contributed by atoms with Crippen LogP contribution in [0.3, 0.4) is 0 Å². The topological polar surface area (TPSA) is 33.6 Å². The van der Waals surface area contributed by atoms with Crippen LogP contribution in [0.15, 0.2) is 23.7 Å². The van der Waals surface area contributed by atoms with Gasteiger partial charge in [0.1, 0.15) is 0 Å². The number of H-pyrrole nitrogens is 1. The summed E-state index contributed by atoms with van der Waals surface area (Å²) in [6.07, 6.45) is -4.36. The van der Waals surface area contributed by atoms with Crippen molar-refractivity contribution < 1.29 is 13.2 Å². The van der Waals surface area contributed by atoms with Gasteiger partial charge in [0.15, 0.2) is 4.77 Å². The van der Waals surface area contributed by atoms with Crippen molar-refractivity contribution in [1.29, 1.82) is 0 Å². The molecule has 0 unspecified atom stereocenters. The predicted octanol–water partition coefficient (Wildman–Crippen LogP) is 4.53. The fourth-order valence-electron chi connectivity index (χ4n) is 2.12. The summed E-state index contributed by atoms with van der Waals surface area (Å²) in [4.78, 5) is 8.03. The van der Waals surface area contributed by atoms with E-state index >= 15 is 0 Å². The summed E-state index contributed by atoms with van der Waals surface area (Å²) in [6, 6.07) is 3.60. The lowest BCUT2D eigenvalue weighted by Crippen LogP contribution is -2.04. The molecule has 8 heteroatoms. The number of aryl methyl sites for hydroxylation is 1. The first-order valence-corrected chi connectivity index (χ1v) is 7.34. The van der Waals surface area contributed by atoms with E-state index in [9.17, 15) is 13.2 Å². The number of nitrogens with one attached hydrogen (secondary N) is 1. The number of alkyl halides is 3. The Morgan fingerprint density at radius 1 is 1.38 bits per heavy atom. The Hall–Kier alpha value is -1.67. The number of imidazole rings is 1. The van der Waals surface area contributed by atoms with Crippen LogP contribution in [-0.4, -0.2) is 14.5 Å². The van der Waals surface area contributed by atoms with E-state index in [1.807, 2.05) is 6.92 Å². The molecule has 0 fully saturated rings. The van der Waals surface area contributed by atoms with Crippen molar-refractivity contribution in [3.8, 4) is 0 Å². The quantitative estimate of drug-likeness (QED) is 0.701. The zero-order chi connectivity index (χ0) is 15.2. The number of rotatable bonds is 2. The van der Waals surface area contributed by atoms with E-state index in [1.165, 1.54) is 17.4 Å². The maximum Gasteiger partial charge on any atom is 0.416 e. The first-order chi connectivity index (χ1) is 9.86. The van der Waals surface area contributed by atoms with Gasteiger partial charge in [0.25, 0.3) is 0 Å². The molecule has 1 aromatic carbocycles. The van der Waals surface area contributed by atoms with Gasteiger partial charge in [-0.2, -0.15) is 13.2 Å². The van der Waals surface area contributed by atoms with E-state index in [1.54, 1.807) is 10.1 Å². The first kappa shape index (κ1) is 14.3. The molecule has 0 atom stereocenters. The molecule has 21 heavy (non-hydrogen) atoms. The van der Waals surface area contributed by atoms with Gasteiger partial charge in [-0.3, -0.25) is 0 Å². The molecule has 0 aliphatic rings. The molecule has 0 bridgehead atoms. The molecule has 0 aliphatic carbocycles. The molecule has 1 N–H and O–H groups in total. The number of hydrogen-bond acceptors (Lipinski definition) is 3. The van der Waals surface area contributed by atoms with Crippen molar-refractivity contribution in [2.75, 3.05) is 0 Å². The molecule has 3 rings (SSSR count). The number of benzene rings is 1. The standard InChI is InChI=1S/C13H10F3N3S2/c1-7-11(21-6-17-7)5-19-10-3-2-8(13(14,15)16)4-9(10)18-12(19)20/h2-4,6H,5H2,1H3,(H,18,20). The molecule has 0 amide bonds. The molecule has 2 heterocycles. The van der Waals surface area contributed by atoms with E-state index in [2.05, 4.69) is 9.97 Å². The summed E-state index contributed by atoms with van der Waals surface area (Å²) in [7, 11) is 0. The Morgan fingerprint density at radius 3 is 2.76 bits per heavy atom. The molecule has 3 aromatic rings. The maximum absolute atomic E-state index is 12.7. The smallest absolute Gasteiger partial charge is 0.331 e. The lowest BCUT2D eigenvalue weighted by molar-refractivity contribution is -0.137. The number of aromatic amines is 1. The van der Waals surface area contributed by atoms with Crippen LogP contribution >= 0.6 is 23.6 Å². The number of hydrogen-bond donors (Lipinski definition) is 1. The third-order valence-corrected chi connectivity index (χ3v) is 4.49. The second kappa shape index (κ2) is 4.96. The summed E-state index contributed by atoms with van der Waals surface area (Å²) in [5.74, 6) is 0. The SMILES string of the molecule is Cc1ncsc1Cn1c(=S)[nH]c2cc(C(F)(F)F)ccc21. The van der Waals surface area contributed by atoms with E-state index in [-0.39, 0.29) is 0 Å². The Balaban J connectivity index is 2.10. The second-order valence-corrected chi connectivity index (χ2v) is 5.93. The normalized spacial score (nSPS) is 12.2. The van der Waals surface area contributed by atoms with Gasteiger partial charge in [0, 0.05) is 4.88 Å². The van der Waals surface area contributed by atoms with Crippen LogP contribution in [0.5, 0.6) is 0 Å². The van der Waals surface area contributed by atoms with E-state index in [0.717, 1.165) is 22.7 Å². The second-order valence-electron chi connectivity index (χ2n) is 4.61. The van der Waals surface area contributed by atoms with Crippen molar-refractivity contribution >= 4 is 34.6 Å². The van der Waals surface area contributed by atoms with Gasteiger partial charge in [-0.25, -0.2) is 4.98 Å². The summed E-state index contributed by atoms with van der Waals surface area (Å²) in [5, 5.41) is 0. The Morgan fingerprint density at radius 2 is 2.14 bits per heavy atom.